The number of methoxy groups -OCH3 is 1. The zero-order valence-electron chi connectivity index (χ0n) is 13.0. The summed E-state index contributed by atoms with van der Waals surface area (Å²) in [5, 5.41) is 5.72. The second-order valence-electron chi connectivity index (χ2n) is 5.13. The molecule has 1 aromatic rings. The molecule has 0 radical (unpaired) electrons. The molecule has 1 aromatic carbocycles. The fraction of sp³-hybridized carbons (Fsp3) is 0.467. The molecule has 6 nitrogen and oxygen atoms in total. The van der Waals surface area contributed by atoms with Gasteiger partial charge in [-0.1, -0.05) is 0 Å². The molecule has 1 unspecified atom stereocenters. The third-order valence-corrected chi connectivity index (χ3v) is 3.49. The lowest BCUT2D eigenvalue weighted by Gasteiger charge is -2.14. The summed E-state index contributed by atoms with van der Waals surface area (Å²) in [7, 11) is 1.18. The van der Waals surface area contributed by atoms with Crippen LogP contribution in [0.3, 0.4) is 0 Å². The first-order valence-corrected chi connectivity index (χ1v) is 7.20. The topological polar surface area (TPSA) is 76.7 Å². The highest BCUT2D eigenvalue weighted by Crippen LogP contribution is 2.28. The van der Waals surface area contributed by atoms with Gasteiger partial charge in [0.2, 0.25) is 5.91 Å². The van der Waals surface area contributed by atoms with E-state index in [9.17, 15) is 18.4 Å². The fourth-order valence-electron chi connectivity index (χ4n) is 2.42. The molecule has 24 heavy (non-hydrogen) atoms. The molecule has 1 amide bonds. The summed E-state index contributed by atoms with van der Waals surface area (Å²) in [5.74, 6) is -1.28. The van der Waals surface area contributed by atoms with Gasteiger partial charge in [0.15, 0.2) is 0 Å². The number of ether oxygens (including phenoxy) is 2. The number of hydrogen-bond acceptors (Lipinski definition) is 5. The van der Waals surface area contributed by atoms with Crippen LogP contribution in [0.15, 0.2) is 18.2 Å². The molecule has 0 aliphatic carbocycles. The van der Waals surface area contributed by atoms with Gasteiger partial charge in [-0.3, -0.25) is 4.79 Å². The van der Waals surface area contributed by atoms with E-state index in [2.05, 4.69) is 20.1 Å². The maximum absolute atomic E-state index is 12.5. The number of carbonyl (C=O) groups excluding carboxylic acids is 2. The Morgan fingerprint density at radius 1 is 1.42 bits per heavy atom. The minimum atomic E-state index is -3.07. The third-order valence-electron chi connectivity index (χ3n) is 3.49. The van der Waals surface area contributed by atoms with Gasteiger partial charge < -0.3 is 20.1 Å². The average Bonchev–Trinajstić information content (AvgIpc) is 3.00. The quantitative estimate of drug-likeness (QED) is 0.759. The molecule has 0 spiro atoms. The summed E-state index contributed by atoms with van der Waals surface area (Å²) in [5.41, 5.74) is 0.138. The second kappa shape index (κ2) is 9.39. The summed E-state index contributed by atoms with van der Waals surface area (Å²) in [4.78, 5) is 23.4. The molecule has 0 bridgehead atoms. The standard InChI is InChI=1S/C15H18F2N2O4.ClH/c1-22-14(21)9-4-5-11(12(7-9)23-15(16)17)19-13(20)8-10-3-2-6-18-10;/h4-5,7,10,15,18H,2-3,6,8H2,1H3,(H,19,20);1H. The smallest absolute Gasteiger partial charge is 0.387 e. The number of esters is 1. The van der Waals surface area contributed by atoms with Crippen molar-refractivity contribution in [3.05, 3.63) is 23.8 Å². The fourth-order valence-corrected chi connectivity index (χ4v) is 2.42. The molecule has 9 heteroatoms. The van der Waals surface area contributed by atoms with Crippen LogP contribution in [0.4, 0.5) is 14.5 Å². The van der Waals surface area contributed by atoms with Crippen molar-refractivity contribution in [2.24, 2.45) is 0 Å². The summed E-state index contributed by atoms with van der Waals surface area (Å²) in [6, 6.07) is 3.91. The summed E-state index contributed by atoms with van der Waals surface area (Å²) in [6.45, 7) is -2.21. The van der Waals surface area contributed by atoms with Gasteiger partial charge in [0, 0.05) is 12.5 Å². The molecule has 0 saturated carbocycles. The molecule has 1 aliphatic heterocycles. The van der Waals surface area contributed by atoms with Crippen LogP contribution < -0.4 is 15.4 Å². The van der Waals surface area contributed by atoms with E-state index in [4.69, 9.17) is 0 Å². The Hall–Kier alpha value is -1.93. The normalized spacial score (nSPS) is 16.4. The monoisotopic (exact) mass is 364 g/mol. The number of halogens is 3. The molecule has 1 fully saturated rings. The van der Waals surface area contributed by atoms with Crippen molar-refractivity contribution in [2.45, 2.75) is 31.9 Å². The molecule has 1 saturated heterocycles. The first-order valence-electron chi connectivity index (χ1n) is 7.20. The van der Waals surface area contributed by atoms with Crippen LogP contribution in [0, 0.1) is 0 Å². The van der Waals surface area contributed by atoms with Crippen molar-refractivity contribution in [2.75, 3.05) is 19.0 Å². The molecule has 1 heterocycles. The molecule has 134 valence electrons. The van der Waals surface area contributed by atoms with Crippen molar-refractivity contribution in [1.82, 2.24) is 5.32 Å². The van der Waals surface area contributed by atoms with Gasteiger partial charge in [-0.25, -0.2) is 4.79 Å². The number of carbonyl (C=O) groups is 2. The number of anilines is 1. The van der Waals surface area contributed by atoms with Gasteiger partial charge >= 0.3 is 12.6 Å². The van der Waals surface area contributed by atoms with Crippen LogP contribution in [0.25, 0.3) is 0 Å². The minimum absolute atomic E-state index is 0. The molecule has 2 rings (SSSR count). The van der Waals surface area contributed by atoms with Gasteiger partial charge in [0.25, 0.3) is 0 Å². The summed E-state index contributed by atoms with van der Waals surface area (Å²) in [6.07, 6.45) is 2.15. The zero-order valence-corrected chi connectivity index (χ0v) is 13.8. The first kappa shape index (κ1) is 20.1. The van der Waals surface area contributed by atoms with E-state index in [1.54, 1.807) is 0 Å². The Morgan fingerprint density at radius 2 is 2.17 bits per heavy atom. The zero-order chi connectivity index (χ0) is 16.8. The Kier molecular flexibility index (Phi) is 7.87. The van der Waals surface area contributed by atoms with E-state index in [1.807, 2.05) is 0 Å². The maximum atomic E-state index is 12.5. The molecule has 1 aliphatic rings. The largest absolute Gasteiger partial charge is 0.465 e. The van der Waals surface area contributed by atoms with E-state index in [0.29, 0.717) is 0 Å². The Bertz CT molecular complexity index is 581. The lowest BCUT2D eigenvalue weighted by atomic mass is 10.1. The van der Waals surface area contributed by atoms with Crippen LogP contribution >= 0.6 is 12.4 Å². The highest BCUT2D eigenvalue weighted by Gasteiger charge is 2.20. The predicted octanol–water partition coefficient (Wildman–Crippen LogP) is 2.58. The van der Waals surface area contributed by atoms with Crippen molar-refractivity contribution in [1.29, 1.82) is 0 Å². The predicted molar refractivity (Wildman–Crippen MR) is 85.9 cm³/mol. The van der Waals surface area contributed by atoms with E-state index < -0.39 is 12.6 Å². The van der Waals surface area contributed by atoms with E-state index in [-0.39, 0.29) is 47.8 Å². The van der Waals surface area contributed by atoms with Gasteiger partial charge in [-0.15, -0.1) is 12.4 Å². The molecule has 0 aromatic heterocycles. The van der Waals surface area contributed by atoms with Gasteiger partial charge in [-0.05, 0) is 37.6 Å². The minimum Gasteiger partial charge on any atom is -0.465 e. The highest BCUT2D eigenvalue weighted by atomic mass is 35.5. The Labute approximate surface area is 144 Å². The van der Waals surface area contributed by atoms with Crippen LogP contribution in [0.1, 0.15) is 29.6 Å². The van der Waals surface area contributed by atoms with E-state index in [0.717, 1.165) is 25.5 Å². The summed E-state index contributed by atoms with van der Waals surface area (Å²) < 4.78 is 33.9. The number of benzene rings is 1. The first-order chi connectivity index (χ1) is 11.0. The highest BCUT2D eigenvalue weighted by molar-refractivity contribution is 5.95. The Morgan fingerprint density at radius 3 is 2.75 bits per heavy atom. The lowest BCUT2D eigenvalue weighted by molar-refractivity contribution is -0.116. The van der Waals surface area contributed by atoms with Gasteiger partial charge in [-0.2, -0.15) is 8.78 Å². The molecular weight excluding hydrogens is 346 g/mol. The van der Waals surface area contributed by atoms with Crippen molar-refractivity contribution < 1.29 is 27.8 Å². The van der Waals surface area contributed by atoms with Crippen molar-refractivity contribution >= 4 is 30.0 Å². The Balaban J connectivity index is 0.00000288. The second-order valence-corrected chi connectivity index (χ2v) is 5.13. The molecule has 1 atom stereocenters. The van der Waals surface area contributed by atoms with E-state index >= 15 is 0 Å². The van der Waals surface area contributed by atoms with Crippen LogP contribution in [-0.4, -0.2) is 38.2 Å². The van der Waals surface area contributed by atoms with E-state index in [1.165, 1.54) is 19.2 Å². The van der Waals surface area contributed by atoms with Gasteiger partial charge in [0.1, 0.15) is 5.75 Å². The number of alkyl halides is 2. The number of hydrogen-bond donors (Lipinski definition) is 2. The van der Waals surface area contributed by atoms with Crippen molar-refractivity contribution in [3.63, 3.8) is 0 Å². The van der Waals surface area contributed by atoms with Crippen LogP contribution in [-0.2, 0) is 9.53 Å². The molecule has 2 N–H and O–H groups in total. The number of rotatable bonds is 6. The maximum Gasteiger partial charge on any atom is 0.387 e. The average molecular weight is 365 g/mol. The summed E-state index contributed by atoms with van der Waals surface area (Å²) >= 11 is 0. The van der Waals surface area contributed by atoms with Crippen LogP contribution in [0.2, 0.25) is 0 Å². The van der Waals surface area contributed by atoms with Gasteiger partial charge in [0.05, 0.1) is 18.4 Å². The third kappa shape index (κ3) is 5.61. The molecular formula is C15H19ClF2N2O4. The number of nitrogens with one attached hydrogen (secondary N) is 2. The lowest BCUT2D eigenvalue weighted by Crippen LogP contribution is -2.27. The SMILES string of the molecule is COC(=O)c1ccc(NC(=O)CC2CCCN2)c(OC(F)F)c1.Cl. The van der Waals surface area contributed by atoms with Crippen molar-refractivity contribution in [3.8, 4) is 5.75 Å². The number of amides is 1. The van der Waals surface area contributed by atoms with Crippen LogP contribution in [0.5, 0.6) is 5.75 Å².